The van der Waals surface area contributed by atoms with Gasteiger partial charge in [-0.3, -0.25) is 24.6 Å². The van der Waals surface area contributed by atoms with Gasteiger partial charge in [-0.05, 0) is 63.7 Å². The van der Waals surface area contributed by atoms with Gasteiger partial charge in [0.05, 0.1) is 12.3 Å². The number of hydrogen-bond acceptors (Lipinski definition) is 7. The summed E-state index contributed by atoms with van der Waals surface area (Å²) in [5.74, 6) is -1.02. The predicted molar refractivity (Wildman–Crippen MR) is 114 cm³/mol. The number of ether oxygens (including phenoxy) is 2. The molecule has 0 aliphatic carbocycles. The Morgan fingerprint density at radius 1 is 1.32 bits per heavy atom. The van der Waals surface area contributed by atoms with Gasteiger partial charge < -0.3 is 19.9 Å². The largest absolute Gasteiger partial charge is 0.489 e. The number of piperidine rings is 1. The van der Waals surface area contributed by atoms with Gasteiger partial charge in [0.2, 0.25) is 5.91 Å². The second-order valence-corrected chi connectivity index (χ2v) is 7.89. The molecular formula is C22H31N3O6. The monoisotopic (exact) mass is 433 g/mol. The summed E-state index contributed by atoms with van der Waals surface area (Å²) < 4.78 is 11.0. The highest BCUT2D eigenvalue weighted by atomic mass is 16.5. The van der Waals surface area contributed by atoms with Crippen molar-refractivity contribution in [1.82, 2.24) is 10.6 Å². The fraction of sp³-hybridized carbons (Fsp3) is 0.591. The Labute approximate surface area is 182 Å². The number of amides is 1. The lowest BCUT2D eigenvalue weighted by Gasteiger charge is -2.28. The van der Waals surface area contributed by atoms with Crippen LogP contribution in [0.1, 0.15) is 32.6 Å². The van der Waals surface area contributed by atoms with Crippen molar-refractivity contribution in [3.63, 3.8) is 0 Å². The number of esters is 1. The number of carbonyl (C=O) groups is 3. The van der Waals surface area contributed by atoms with E-state index in [-0.39, 0.29) is 13.2 Å². The molecule has 0 saturated carbocycles. The summed E-state index contributed by atoms with van der Waals surface area (Å²) in [5, 5.41) is 15.8. The van der Waals surface area contributed by atoms with Crippen LogP contribution in [0.4, 0.5) is 5.69 Å². The number of para-hydroxylation sites is 2. The number of carboxylic acid groups (broad SMARTS) is 1. The van der Waals surface area contributed by atoms with Crippen molar-refractivity contribution in [3.8, 4) is 5.75 Å². The van der Waals surface area contributed by atoms with E-state index in [2.05, 4.69) is 10.6 Å². The van der Waals surface area contributed by atoms with Crippen molar-refractivity contribution in [1.29, 1.82) is 0 Å². The van der Waals surface area contributed by atoms with Gasteiger partial charge in [0.25, 0.3) is 0 Å². The molecule has 2 aliphatic rings. The molecule has 1 aromatic rings. The smallest absolute Gasteiger partial charge is 0.323 e. The van der Waals surface area contributed by atoms with E-state index in [0.717, 1.165) is 32.4 Å². The lowest BCUT2D eigenvalue weighted by atomic mass is 9.91. The highest BCUT2D eigenvalue weighted by Gasteiger charge is 2.35. The number of nitrogens with one attached hydrogen (secondary N) is 2. The number of nitrogens with zero attached hydrogens (tertiary/aromatic N) is 1. The van der Waals surface area contributed by atoms with E-state index in [4.69, 9.17) is 9.47 Å². The number of fused-ring (bicyclic) bond motifs is 1. The molecule has 170 valence electrons. The Morgan fingerprint density at radius 3 is 2.77 bits per heavy atom. The van der Waals surface area contributed by atoms with Gasteiger partial charge in [0.15, 0.2) is 0 Å². The molecule has 9 heteroatoms. The second-order valence-electron chi connectivity index (χ2n) is 7.89. The van der Waals surface area contributed by atoms with Gasteiger partial charge in [-0.1, -0.05) is 12.1 Å². The van der Waals surface area contributed by atoms with E-state index in [9.17, 15) is 19.5 Å². The normalized spacial score (nSPS) is 20.4. The molecule has 0 aromatic heterocycles. The molecule has 2 aliphatic heterocycles. The van der Waals surface area contributed by atoms with Crippen molar-refractivity contribution in [2.45, 2.75) is 44.7 Å². The van der Waals surface area contributed by atoms with E-state index in [1.54, 1.807) is 31.2 Å². The molecule has 1 saturated heterocycles. The van der Waals surface area contributed by atoms with Crippen LogP contribution >= 0.6 is 0 Å². The van der Waals surface area contributed by atoms with E-state index in [0.29, 0.717) is 23.8 Å². The van der Waals surface area contributed by atoms with Gasteiger partial charge in [-0.25, -0.2) is 0 Å². The van der Waals surface area contributed by atoms with Crippen molar-refractivity contribution in [3.05, 3.63) is 24.3 Å². The maximum Gasteiger partial charge on any atom is 0.323 e. The first-order valence-corrected chi connectivity index (χ1v) is 10.9. The Kier molecular flexibility index (Phi) is 8.25. The highest BCUT2D eigenvalue weighted by molar-refractivity contribution is 6.02. The minimum Gasteiger partial charge on any atom is -0.489 e. The first kappa shape index (κ1) is 23.0. The first-order chi connectivity index (χ1) is 15.0. The molecule has 2 heterocycles. The molecule has 0 bridgehead atoms. The number of carbonyl (C=O) groups excluding carboxylic acids is 2. The van der Waals surface area contributed by atoms with E-state index >= 15 is 0 Å². The van der Waals surface area contributed by atoms with Crippen LogP contribution in [0.2, 0.25) is 0 Å². The molecule has 0 unspecified atom stereocenters. The maximum absolute atomic E-state index is 13.2. The van der Waals surface area contributed by atoms with Crippen molar-refractivity contribution < 1.29 is 29.0 Å². The van der Waals surface area contributed by atoms with Gasteiger partial charge in [-0.15, -0.1) is 0 Å². The quantitative estimate of drug-likeness (QED) is 0.497. The highest BCUT2D eigenvalue weighted by Crippen LogP contribution is 2.31. The Bertz CT molecular complexity index is 780. The number of benzene rings is 1. The standard InChI is InChI=1S/C22H31N3O6/c1-2-30-22(29)16(8-7-15-9-11-23-12-10-15)24-17-14-31-19-6-4-3-5-18(19)25(21(17)28)13-20(26)27/h3-6,15-17,23-24H,2,7-14H2,1H3,(H,26,27)/t16-,17-/m0/s1. The number of anilines is 1. The van der Waals surface area contributed by atoms with Gasteiger partial charge in [0, 0.05) is 0 Å². The molecule has 1 fully saturated rings. The molecule has 2 atom stereocenters. The Hall–Kier alpha value is -2.65. The molecule has 3 rings (SSSR count). The topological polar surface area (TPSA) is 117 Å². The zero-order valence-corrected chi connectivity index (χ0v) is 17.8. The third-order valence-electron chi connectivity index (χ3n) is 5.71. The van der Waals surface area contributed by atoms with E-state index < -0.39 is 36.5 Å². The fourth-order valence-electron chi connectivity index (χ4n) is 4.10. The zero-order chi connectivity index (χ0) is 22.2. The van der Waals surface area contributed by atoms with Crippen molar-refractivity contribution in [2.75, 3.05) is 37.7 Å². The van der Waals surface area contributed by atoms with Crippen molar-refractivity contribution in [2.24, 2.45) is 5.92 Å². The van der Waals surface area contributed by atoms with E-state index in [1.165, 1.54) is 4.90 Å². The fourth-order valence-corrected chi connectivity index (χ4v) is 4.10. The minimum atomic E-state index is -1.13. The second kappa shape index (κ2) is 11.1. The van der Waals surface area contributed by atoms with Crippen LogP contribution in [0.3, 0.4) is 0 Å². The minimum absolute atomic E-state index is 0.00474. The van der Waals surface area contributed by atoms with E-state index in [1.807, 2.05) is 0 Å². The predicted octanol–water partition coefficient (Wildman–Crippen LogP) is 1.17. The summed E-state index contributed by atoms with van der Waals surface area (Å²) in [6.45, 7) is 3.44. The molecule has 1 aromatic carbocycles. The van der Waals surface area contributed by atoms with Gasteiger partial charge in [0.1, 0.15) is 31.0 Å². The van der Waals surface area contributed by atoms with Crippen LogP contribution in [0.25, 0.3) is 0 Å². The summed E-state index contributed by atoms with van der Waals surface area (Å²) in [5.41, 5.74) is 0.404. The molecule has 9 nitrogen and oxygen atoms in total. The summed E-state index contributed by atoms with van der Waals surface area (Å²) in [7, 11) is 0. The average Bonchev–Trinajstić information content (AvgIpc) is 2.89. The lowest BCUT2D eigenvalue weighted by Crippen LogP contribution is -2.55. The molecule has 1 amide bonds. The third kappa shape index (κ3) is 6.18. The first-order valence-electron chi connectivity index (χ1n) is 10.9. The van der Waals surface area contributed by atoms with Crippen LogP contribution in [0.15, 0.2) is 24.3 Å². The summed E-state index contributed by atoms with van der Waals surface area (Å²) in [6.07, 6.45) is 3.50. The zero-order valence-electron chi connectivity index (χ0n) is 17.8. The maximum atomic E-state index is 13.2. The average molecular weight is 434 g/mol. The van der Waals surface area contributed by atoms with Gasteiger partial charge >= 0.3 is 11.9 Å². The van der Waals surface area contributed by atoms with Crippen LogP contribution < -0.4 is 20.3 Å². The molecule has 31 heavy (non-hydrogen) atoms. The van der Waals surface area contributed by atoms with Crippen LogP contribution in [0.5, 0.6) is 5.75 Å². The van der Waals surface area contributed by atoms with Gasteiger partial charge in [-0.2, -0.15) is 0 Å². The van der Waals surface area contributed by atoms with Crippen molar-refractivity contribution >= 4 is 23.5 Å². The number of aliphatic carboxylic acids is 1. The van der Waals surface area contributed by atoms with Crippen LogP contribution in [0, 0.1) is 5.92 Å². The molecule has 3 N–H and O–H groups in total. The number of carboxylic acids is 1. The number of rotatable bonds is 9. The molecule has 0 radical (unpaired) electrons. The Morgan fingerprint density at radius 2 is 2.06 bits per heavy atom. The lowest BCUT2D eigenvalue weighted by molar-refractivity contribution is -0.146. The summed E-state index contributed by atoms with van der Waals surface area (Å²) in [4.78, 5) is 38.4. The number of hydrogen-bond donors (Lipinski definition) is 3. The van der Waals surface area contributed by atoms with Crippen LogP contribution in [-0.4, -0.2) is 67.9 Å². The molecular weight excluding hydrogens is 402 g/mol. The third-order valence-corrected chi connectivity index (χ3v) is 5.71. The van der Waals surface area contributed by atoms with Crippen LogP contribution in [-0.2, 0) is 19.1 Å². The summed E-state index contributed by atoms with van der Waals surface area (Å²) in [6, 6.07) is 5.29. The Balaban J connectivity index is 1.74. The summed E-state index contributed by atoms with van der Waals surface area (Å²) >= 11 is 0. The SMILES string of the molecule is CCOC(=O)[C@H](CCC1CCNCC1)N[C@H]1COc2ccccc2N(CC(=O)O)C1=O. The molecule has 0 spiro atoms.